The third-order valence-corrected chi connectivity index (χ3v) is 5.61. The summed E-state index contributed by atoms with van der Waals surface area (Å²) in [5.74, 6) is 1.40. The number of hydrogen-bond acceptors (Lipinski definition) is 3. The minimum Gasteiger partial charge on any atom is -0.345 e. The number of carbonyl (C=O) groups excluding carboxylic acids is 1. The second kappa shape index (κ2) is 7.41. The van der Waals surface area contributed by atoms with Crippen molar-refractivity contribution in [2.75, 3.05) is 12.0 Å². The lowest BCUT2D eigenvalue weighted by Crippen LogP contribution is -2.30. The quantitative estimate of drug-likeness (QED) is 0.872. The average molecular weight is 347 g/mol. The van der Waals surface area contributed by atoms with Gasteiger partial charge in [-0.05, 0) is 42.0 Å². The van der Waals surface area contributed by atoms with E-state index in [2.05, 4.69) is 5.32 Å². The van der Waals surface area contributed by atoms with E-state index in [9.17, 15) is 9.18 Å². The number of hydrogen-bond donors (Lipinski definition) is 1. The van der Waals surface area contributed by atoms with Crippen molar-refractivity contribution < 1.29 is 9.18 Å². The van der Waals surface area contributed by atoms with Gasteiger partial charge >= 0.3 is 0 Å². The molecule has 0 fully saturated rings. The fourth-order valence-electron chi connectivity index (χ4n) is 2.75. The second-order valence-electron chi connectivity index (χ2n) is 5.45. The highest BCUT2D eigenvalue weighted by atomic mass is 32.2. The van der Waals surface area contributed by atoms with Gasteiger partial charge < -0.3 is 5.32 Å². The normalized spacial score (nSPS) is 16.7. The zero-order valence-electron chi connectivity index (χ0n) is 12.8. The molecule has 0 saturated carbocycles. The topological polar surface area (TPSA) is 29.1 Å². The minimum atomic E-state index is -0.201. The van der Waals surface area contributed by atoms with Crippen LogP contribution in [0.3, 0.4) is 0 Å². The van der Waals surface area contributed by atoms with Gasteiger partial charge in [-0.25, -0.2) is 4.39 Å². The summed E-state index contributed by atoms with van der Waals surface area (Å²) >= 11 is 3.25. The Kier molecular flexibility index (Phi) is 5.28. The largest absolute Gasteiger partial charge is 0.345 e. The molecule has 23 heavy (non-hydrogen) atoms. The van der Waals surface area contributed by atoms with Crippen LogP contribution in [0.5, 0.6) is 0 Å². The first-order valence-electron chi connectivity index (χ1n) is 7.49. The van der Waals surface area contributed by atoms with Gasteiger partial charge in [-0.1, -0.05) is 24.3 Å². The van der Waals surface area contributed by atoms with Gasteiger partial charge in [0.15, 0.2) is 0 Å². The zero-order valence-corrected chi connectivity index (χ0v) is 14.5. The van der Waals surface area contributed by atoms with E-state index in [0.717, 1.165) is 29.1 Å². The van der Waals surface area contributed by atoms with Crippen molar-refractivity contribution in [1.82, 2.24) is 5.32 Å². The third-order valence-electron chi connectivity index (χ3n) is 3.83. The van der Waals surface area contributed by atoms with E-state index in [1.807, 2.05) is 36.6 Å². The summed E-state index contributed by atoms with van der Waals surface area (Å²) in [4.78, 5) is 13.2. The first-order valence-corrected chi connectivity index (χ1v) is 9.87. The molecule has 1 amide bonds. The molecule has 0 saturated heterocycles. The number of rotatable bonds is 4. The molecular formula is C18H18FNOS2. The van der Waals surface area contributed by atoms with E-state index in [-0.39, 0.29) is 17.8 Å². The van der Waals surface area contributed by atoms with Crippen LogP contribution in [-0.4, -0.2) is 17.9 Å². The summed E-state index contributed by atoms with van der Waals surface area (Å²) in [5, 5.41) is 3.06. The Morgan fingerprint density at radius 2 is 2.17 bits per heavy atom. The van der Waals surface area contributed by atoms with Crippen molar-refractivity contribution in [2.24, 2.45) is 0 Å². The average Bonchev–Trinajstić information content (AvgIpc) is 2.56. The molecule has 0 aliphatic carbocycles. The smallest absolute Gasteiger partial charge is 0.251 e. The molecule has 120 valence electrons. The molecule has 0 aromatic heterocycles. The Hall–Kier alpha value is -1.46. The van der Waals surface area contributed by atoms with Gasteiger partial charge in [0.05, 0.1) is 6.04 Å². The van der Waals surface area contributed by atoms with Gasteiger partial charge in [0.25, 0.3) is 5.91 Å². The lowest BCUT2D eigenvalue weighted by atomic mass is 10.0. The first-order chi connectivity index (χ1) is 11.2. The van der Waals surface area contributed by atoms with Crippen molar-refractivity contribution in [3.8, 4) is 0 Å². The number of thioether (sulfide) groups is 2. The molecule has 2 aromatic rings. The lowest BCUT2D eigenvalue weighted by Gasteiger charge is -2.26. The molecule has 1 heterocycles. The third kappa shape index (κ3) is 3.72. The Bertz CT molecular complexity index is 720. The predicted molar refractivity (Wildman–Crippen MR) is 95.6 cm³/mol. The van der Waals surface area contributed by atoms with E-state index in [4.69, 9.17) is 0 Å². The van der Waals surface area contributed by atoms with Crippen LogP contribution >= 0.6 is 23.5 Å². The van der Waals surface area contributed by atoms with E-state index >= 15 is 0 Å². The van der Waals surface area contributed by atoms with Crippen LogP contribution in [0.2, 0.25) is 0 Å². The van der Waals surface area contributed by atoms with E-state index in [1.54, 1.807) is 17.8 Å². The fourth-order valence-corrected chi connectivity index (χ4v) is 4.40. The number of carbonyl (C=O) groups is 1. The summed E-state index contributed by atoms with van der Waals surface area (Å²) in [6.07, 6.45) is 2.86. The standard InChI is InChI=1S/C18H18FNOS2/c1-22-11-12-4-2-5-13(10-12)18(21)20-16-8-9-23-17-14(16)6-3-7-15(17)19/h2-7,10,16H,8-9,11H2,1H3,(H,20,21)/t16-/m1/s1. The van der Waals surface area contributed by atoms with Gasteiger partial charge in [0, 0.05) is 22.0 Å². The molecule has 1 atom stereocenters. The summed E-state index contributed by atoms with van der Waals surface area (Å²) in [6.45, 7) is 0. The molecule has 5 heteroatoms. The molecular weight excluding hydrogens is 329 g/mol. The monoisotopic (exact) mass is 347 g/mol. The highest BCUT2D eigenvalue weighted by Crippen LogP contribution is 2.37. The molecule has 3 rings (SSSR count). The maximum atomic E-state index is 13.9. The van der Waals surface area contributed by atoms with Crippen molar-refractivity contribution in [1.29, 1.82) is 0 Å². The summed E-state index contributed by atoms with van der Waals surface area (Å²) in [7, 11) is 0. The molecule has 1 aliphatic rings. The molecule has 0 spiro atoms. The number of benzene rings is 2. The Morgan fingerprint density at radius 3 is 3.00 bits per heavy atom. The molecule has 1 N–H and O–H groups in total. The number of halogens is 1. The van der Waals surface area contributed by atoms with E-state index < -0.39 is 0 Å². The molecule has 1 aliphatic heterocycles. The summed E-state index contributed by atoms with van der Waals surface area (Å²) in [5.41, 5.74) is 2.68. The highest BCUT2D eigenvalue weighted by molar-refractivity contribution is 7.99. The van der Waals surface area contributed by atoms with Crippen LogP contribution in [0.25, 0.3) is 0 Å². The van der Waals surface area contributed by atoms with Gasteiger partial charge in [0.1, 0.15) is 5.82 Å². The lowest BCUT2D eigenvalue weighted by molar-refractivity contribution is 0.0934. The summed E-state index contributed by atoms with van der Waals surface area (Å²) in [6, 6.07) is 12.6. The van der Waals surface area contributed by atoms with Crippen LogP contribution in [-0.2, 0) is 5.75 Å². The molecule has 2 nitrogen and oxygen atoms in total. The van der Waals surface area contributed by atoms with Gasteiger partial charge in [0.2, 0.25) is 0 Å². The second-order valence-corrected chi connectivity index (χ2v) is 7.43. The zero-order chi connectivity index (χ0) is 16.2. The number of fused-ring (bicyclic) bond motifs is 1. The molecule has 2 aromatic carbocycles. The Labute approximate surface area is 144 Å². The van der Waals surface area contributed by atoms with E-state index in [1.165, 1.54) is 17.8 Å². The fraction of sp³-hybridized carbons (Fsp3) is 0.278. The van der Waals surface area contributed by atoms with Crippen molar-refractivity contribution >= 4 is 29.4 Å². The van der Waals surface area contributed by atoms with Crippen LogP contribution in [0, 0.1) is 5.82 Å². The maximum Gasteiger partial charge on any atom is 0.251 e. The molecule has 0 bridgehead atoms. The predicted octanol–water partition coefficient (Wildman–Crippen LogP) is 4.66. The van der Waals surface area contributed by atoms with Crippen LogP contribution in [0.4, 0.5) is 4.39 Å². The van der Waals surface area contributed by atoms with Crippen molar-refractivity contribution in [2.45, 2.75) is 23.1 Å². The number of nitrogens with one attached hydrogen (secondary N) is 1. The highest BCUT2D eigenvalue weighted by Gasteiger charge is 2.24. The van der Waals surface area contributed by atoms with Crippen LogP contribution in [0.15, 0.2) is 47.4 Å². The van der Waals surface area contributed by atoms with E-state index in [0.29, 0.717) is 10.5 Å². The Morgan fingerprint density at radius 1 is 1.35 bits per heavy atom. The first kappa shape index (κ1) is 16.4. The van der Waals surface area contributed by atoms with Crippen LogP contribution in [0.1, 0.15) is 33.9 Å². The van der Waals surface area contributed by atoms with Gasteiger partial charge in [-0.15, -0.1) is 11.8 Å². The van der Waals surface area contributed by atoms with Gasteiger partial charge in [-0.2, -0.15) is 11.8 Å². The van der Waals surface area contributed by atoms with Crippen molar-refractivity contribution in [3.05, 3.63) is 65.0 Å². The van der Waals surface area contributed by atoms with Crippen LogP contribution < -0.4 is 5.32 Å². The minimum absolute atomic E-state index is 0.0972. The SMILES string of the molecule is CSCc1cccc(C(=O)N[C@@H]2CCSc3c(F)cccc32)c1. The van der Waals surface area contributed by atoms with Crippen molar-refractivity contribution in [3.63, 3.8) is 0 Å². The Balaban J connectivity index is 1.79. The summed E-state index contributed by atoms with van der Waals surface area (Å²) < 4.78 is 13.9. The molecule has 0 unspecified atom stereocenters. The molecule has 0 radical (unpaired) electrons. The number of amides is 1. The maximum absolute atomic E-state index is 13.9. The van der Waals surface area contributed by atoms with Gasteiger partial charge in [-0.3, -0.25) is 4.79 Å².